The Morgan fingerprint density at radius 1 is 1.27 bits per heavy atom. The standard InChI is InChI=1S/C19H18Cl2N2O3/c1-9-2-3-10(8-22-9)16-17(15-7-14(24)18(16)26-15)19(25)23-11-4-5-12(20)13(21)6-11/h2-6,8,14-18,24H,7H2,1H3,(H,23,25). The van der Waals surface area contributed by atoms with Crippen molar-refractivity contribution in [1.29, 1.82) is 0 Å². The first kappa shape index (κ1) is 17.7. The largest absolute Gasteiger partial charge is 0.390 e. The second kappa shape index (κ2) is 6.82. The minimum Gasteiger partial charge on any atom is -0.390 e. The summed E-state index contributed by atoms with van der Waals surface area (Å²) in [5, 5.41) is 14.0. The van der Waals surface area contributed by atoms with Gasteiger partial charge in [-0.15, -0.1) is 0 Å². The highest BCUT2D eigenvalue weighted by atomic mass is 35.5. The molecule has 0 spiro atoms. The van der Waals surface area contributed by atoms with Crippen LogP contribution < -0.4 is 5.32 Å². The lowest BCUT2D eigenvalue weighted by Crippen LogP contribution is -2.41. The van der Waals surface area contributed by atoms with E-state index in [1.165, 1.54) is 0 Å². The van der Waals surface area contributed by atoms with E-state index in [0.717, 1.165) is 11.3 Å². The predicted molar refractivity (Wildman–Crippen MR) is 99.6 cm³/mol. The van der Waals surface area contributed by atoms with Gasteiger partial charge in [-0.1, -0.05) is 29.3 Å². The summed E-state index contributed by atoms with van der Waals surface area (Å²) < 4.78 is 5.91. The number of benzene rings is 1. The van der Waals surface area contributed by atoms with Gasteiger partial charge in [0.15, 0.2) is 0 Å². The molecule has 2 aliphatic heterocycles. The van der Waals surface area contributed by atoms with Crippen LogP contribution in [0, 0.1) is 12.8 Å². The minimum absolute atomic E-state index is 0.159. The first-order valence-electron chi connectivity index (χ1n) is 8.46. The number of nitrogens with one attached hydrogen (secondary N) is 1. The van der Waals surface area contributed by atoms with Gasteiger partial charge in [-0.25, -0.2) is 0 Å². The zero-order valence-corrected chi connectivity index (χ0v) is 15.5. The number of ether oxygens (including phenoxy) is 1. The summed E-state index contributed by atoms with van der Waals surface area (Å²) >= 11 is 12.0. The number of aromatic nitrogens is 1. The van der Waals surface area contributed by atoms with E-state index in [1.807, 2.05) is 19.1 Å². The summed E-state index contributed by atoms with van der Waals surface area (Å²) in [6.45, 7) is 1.91. The highest BCUT2D eigenvalue weighted by Gasteiger charge is 2.57. The number of nitrogens with zero attached hydrogens (tertiary/aromatic N) is 1. The van der Waals surface area contributed by atoms with Crippen LogP contribution in [0.25, 0.3) is 0 Å². The number of carbonyl (C=O) groups is 1. The fourth-order valence-electron chi connectivity index (χ4n) is 3.92. The number of pyridine rings is 1. The van der Waals surface area contributed by atoms with Crippen LogP contribution in [0.1, 0.15) is 23.6 Å². The quantitative estimate of drug-likeness (QED) is 0.837. The van der Waals surface area contributed by atoms with E-state index < -0.39 is 18.1 Å². The summed E-state index contributed by atoms with van der Waals surface area (Å²) in [5.41, 5.74) is 2.37. The van der Waals surface area contributed by atoms with Gasteiger partial charge in [0.05, 0.1) is 34.3 Å². The topological polar surface area (TPSA) is 71.5 Å². The third-order valence-corrected chi connectivity index (χ3v) is 5.87. The second-order valence-corrected chi connectivity index (χ2v) is 7.66. The van der Waals surface area contributed by atoms with Gasteiger partial charge < -0.3 is 15.2 Å². The second-order valence-electron chi connectivity index (χ2n) is 6.84. The molecule has 2 aliphatic rings. The van der Waals surface area contributed by atoms with Crippen LogP contribution in [-0.4, -0.2) is 34.3 Å². The van der Waals surface area contributed by atoms with E-state index in [1.54, 1.807) is 24.4 Å². The van der Waals surface area contributed by atoms with Crippen LogP contribution in [-0.2, 0) is 9.53 Å². The van der Waals surface area contributed by atoms with Crippen molar-refractivity contribution in [3.63, 3.8) is 0 Å². The molecule has 2 N–H and O–H groups in total. The van der Waals surface area contributed by atoms with Crippen LogP contribution in [0.5, 0.6) is 0 Å². The number of hydrogen-bond acceptors (Lipinski definition) is 4. The molecule has 5 atom stereocenters. The molecule has 136 valence electrons. The van der Waals surface area contributed by atoms with Crippen molar-refractivity contribution >= 4 is 34.8 Å². The molecule has 2 bridgehead atoms. The van der Waals surface area contributed by atoms with Crippen molar-refractivity contribution in [1.82, 2.24) is 4.98 Å². The Labute approximate surface area is 161 Å². The smallest absolute Gasteiger partial charge is 0.230 e. The molecule has 4 rings (SSSR count). The zero-order valence-electron chi connectivity index (χ0n) is 14.0. The number of amides is 1. The van der Waals surface area contributed by atoms with Gasteiger partial charge in [0.2, 0.25) is 5.91 Å². The number of hydrogen-bond donors (Lipinski definition) is 2. The molecular weight excluding hydrogens is 375 g/mol. The van der Waals surface area contributed by atoms with Crippen molar-refractivity contribution in [2.45, 2.75) is 37.6 Å². The average Bonchev–Trinajstić information content (AvgIpc) is 3.16. The highest BCUT2D eigenvalue weighted by Crippen LogP contribution is 2.49. The fourth-order valence-corrected chi connectivity index (χ4v) is 4.21. The number of rotatable bonds is 3. The molecule has 2 fully saturated rings. The van der Waals surface area contributed by atoms with Gasteiger partial charge in [0.25, 0.3) is 0 Å². The Morgan fingerprint density at radius 2 is 2.08 bits per heavy atom. The van der Waals surface area contributed by atoms with Gasteiger partial charge in [-0.05, 0) is 36.8 Å². The molecular formula is C19H18Cl2N2O3. The maximum atomic E-state index is 13.0. The Balaban J connectivity index is 1.61. The van der Waals surface area contributed by atoms with Crippen LogP contribution in [0.15, 0.2) is 36.5 Å². The number of aryl methyl sites for hydroxylation is 1. The summed E-state index contributed by atoms with van der Waals surface area (Å²) in [4.78, 5) is 17.3. The molecule has 1 aromatic carbocycles. The third-order valence-electron chi connectivity index (χ3n) is 5.14. The van der Waals surface area contributed by atoms with Crippen LogP contribution in [0.4, 0.5) is 5.69 Å². The predicted octanol–water partition coefficient (Wildman–Crippen LogP) is 3.57. The van der Waals surface area contributed by atoms with E-state index in [4.69, 9.17) is 27.9 Å². The number of aliphatic hydroxyl groups excluding tert-OH is 1. The molecule has 5 nitrogen and oxygen atoms in total. The normalized spacial score (nSPS) is 29.8. The van der Waals surface area contributed by atoms with Crippen LogP contribution in [0.3, 0.4) is 0 Å². The number of fused-ring (bicyclic) bond motifs is 2. The van der Waals surface area contributed by atoms with Gasteiger partial charge in [-0.3, -0.25) is 9.78 Å². The molecule has 7 heteroatoms. The van der Waals surface area contributed by atoms with Crippen molar-refractivity contribution in [3.8, 4) is 0 Å². The van der Waals surface area contributed by atoms with Crippen LogP contribution >= 0.6 is 23.2 Å². The van der Waals surface area contributed by atoms with E-state index in [2.05, 4.69) is 10.3 Å². The van der Waals surface area contributed by atoms with Gasteiger partial charge >= 0.3 is 0 Å². The van der Waals surface area contributed by atoms with E-state index >= 15 is 0 Å². The summed E-state index contributed by atoms with van der Waals surface area (Å²) in [5.74, 6) is -0.796. The Hall–Kier alpha value is -1.66. The van der Waals surface area contributed by atoms with Crippen LogP contribution in [0.2, 0.25) is 10.0 Å². The highest BCUT2D eigenvalue weighted by molar-refractivity contribution is 6.42. The average molecular weight is 393 g/mol. The van der Waals surface area contributed by atoms with E-state index in [0.29, 0.717) is 22.2 Å². The maximum absolute atomic E-state index is 13.0. The van der Waals surface area contributed by atoms with E-state index in [-0.39, 0.29) is 17.9 Å². The molecule has 2 saturated heterocycles. The first-order chi connectivity index (χ1) is 12.4. The molecule has 5 unspecified atom stereocenters. The molecule has 2 aromatic rings. The maximum Gasteiger partial charge on any atom is 0.230 e. The molecule has 0 saturated carbocycles. The van der Waals surface area contributed by atoms with Gasteiger partial charge in [0, 0.05) is 29.9 Å². The SMILES string of the molecule is Cc1ccc(C2C3OC(CC3O)C2C(=O)Nc2ccc(Cl)c(Cl)c2)cn1. The van der Waals surface area contributed by atoms with Gasteiger partial charge in [-0.2, -0.15) is 0 Å². The zero-order chi connectivity index (χ0) is 18.4. The Bertz CT molecular complexity index is 843. The van der Waals surface area contributed by atoms with Gasteiger partial charge in [0.1, 0.15) is 0 Å². The number of halogens is 2. The summed E-state index contributed by atoms with van der Waals surface area (Å²) in [6, 6.07) is 8.82. The van der Waals surface area contributed by atoms with E-state index in [9.17, 15) is 9.90 Å². The lowest BCUT2D eigenvalue weighted by atomic mass is 9.74. The molecule has 0 radical (unpaired) electrons. The van der Waals surface area contributed by atoms with Crippen molar-refractivity contribution < 1.29 is 14.6 Å². The summed E-state index contributed by atoms with van der Waals surface area (Å²) in [6.07, 6.45) is 0.939. The van der Waals surface area contributed by atoms with Crippen molar-refractivity contribution in [3.05, 3.63) is 57.8 Å². The molecule has 1 amide bonds. The first-order valence-corrected chi connectivity index (χ1v) is 9.21. The summed E-state index contributed by atoms with van der Waals surface area (Å²) in [7, 11) is 0. The Morgan fingerprint density at radius 3 is 2.77 bits per heavy atom. The molecule has 26 heavy (non-hydrogen) atoms. The minimum atomic E-state index is -0.569. The number of carbonyl (C=O) groups excluding carboxylic acids is 1. The molecule has 0 aliphatic carbocycles. The number of aliphatic hydroxyl groups is 1. The Kier molecular flexibility index (Phi) is 4.65. The van der Waals surface area contributed by atoms with Crippen molar-refractivity contribution in [2.24, 2.45) is 5.92 Å². The number of anilines is 1. The molecule has 1 aromatic heterocycles. The van der Waals surface area contributed by atoms with Crippen molar-refractivity contribution in [2.75, 3.05) is 5.32 Å². The molecule has 3 heterocycles. The monoisotopic (exact) mass is 392 g/mol. The lowest BCUT2D eigenvalue weighted by molar-refractivity contribution is -0.121. The lowest BCUT2D eigenvalue weighted by Gasteiger charge is -2.30. The third kappa shape index (κ3) is 3.09. The fraction of sp³-hybridized carbons (Fsp3) is 0.368.